The summed E-state index contributed by atoms with van der Waals surface area (Å²) >= 11 is 0. The van der Waals surface area contributed by atoms with Gasteiger partial charge in [-0.1, -0.05) is 37.3 Å². The molecule has 0 radical (unpaired) electrons. The monoisotopic (exact) mass is 353 g/mol. The quantitative estimate of drug-likeness (QED) is 0.858. The maximum Gasteiger partial charge on any atom is 0.321 e. The minimum absolute atomic E-state index is 0.0201. The van der Waals surface area contributed by atoms with E-state index in [2.05, 4.69) is 29.3 Å². The van der Waals surface area contributed by atoms with E-state index >= 15 is 0 Å². The summed E-state index contributed by atoms with van der Waals surface area (Å²) in [6, 6.07) is 17.9. The fraction of sp³-hybridized carbons (Fsp3) is 0.381. The topological polar surface area (TPSA) is 44.8 Å². The highest BCUT2D eigenvalue weighted by atomic mass is 16.5. The molecular formula is C21H27N3O2. The fourth-order valence-corrected chi connectivity index (χ4v) is 3.00. The van der Waals surface area contributed by atoms with Crippen molar-refractivity contribution < 1.29 is 9.53 Å². The van der Waals surface area contributed by atoms with Crippen molar-refractivity contribution in [3.05, 3.63) is 60.2 Å². The Labute approximate surface area is 155 Å². The number of amides is 2. The lowest BCUT2D eigenvalue weighted by atomic mass is 10.2. The maximum atomic E-state index is 12.3. The molecule has 5 heteroatoms. The number of carbonyl (C=O) groups is 1. The average Bonchev–Trinajstić information content (AvgIpc) is 2.69. The number of nitrogens with zero attached hydrogens (tertiary/aromatic N) is 2. The van der Waals surface area contributed by atoms with Gasteiger partial charge < -0.3 is 15.0 Å². The van der Waals surface area contributed by atoms with E-state index in [9.17, 15) is 4.79 Å². The van der Waals surface area contributed by atoms with Gasteiger partial charge in [-0.25, -0.2) is 4.79 Å². The average molecular weight is 353 g/mol. The number of hydrogen-bond acceptors (Lipinski definition) is 3. The van der Waals surface area contributed by atoms with Crippen molar-refractivity contribution in [1.29, 1.82) is 0 Å². The molecule has 1 heterocycles. The van der Waals surface area contributed by atoms with Crippen LogP contribution in [0.1, 0.15) is 18.9 Å². The van der Waals surface area contributed by atoms with Crippen LogP contribution in [0.5, 0.6) is 5.75 Å². The first-order valence-corrected chi connectivity index (χ1v) is 9.29. The summed E-state index contributed by atoms with van der Waals surface area (Å²) in [5, 5.41) is 2.95. The molecule has 0 bridgehead atoms. The number of rotatable bonds is 6. The predicted molar refractivity (Wildman–Crippen MR) is 105 cm³/mol. The highest BCUT2D eigenvalue weighted by Crippen LogP contribution is 2.15. The van der Waals surface area contributed by atoms with Crippen LogP contribution in [0.15, 0.2) is 54.6 Å². The first-order chi connectivity index (χ1) is 12.7. The molecule has 1 fully saturated rings. The van der Waals surface area contributed by atoms with Crippen LogP contribution >= 0.6 is 0 Å². The summed E-state index contributed by atoms with van der Waals surface area (Å²) < 4.78 is 5.62. The van der Waals surface area contributed by atoms with Crippen molar-refractivity contribution in [3.8, 4) is 5.75 Å². The number of benzene rings is 2. The lowest BCUT2D eigenvalue weighted by Gasteiger charge is -2.34. The van der Waals surface area contributed by atoms with E-state index < -0.39 is 0 Å². The molecule has 5 nitrogen and oxygen atoms in total. The van der Waals surface area contributed by atoms with Gasteiger partial charge in [-0.15, -0.1) is 0 Å². The lowest BCUT2D eigenvalue weighted by molar-refractivity contribution is 0.143. The zero-order chi connectivity index (χ0) is 18.2. The van der Waals surface area contributed by atoms with Gasteiger partial charge in [0, 0.05) is 38.4 Å². The number of hydrogen-bond donors (Lipinski definition) is 1. The summed E-state index contributed by atoms with van der Waals surface area (Å²) in [6.45, 7) is 7.03. The normalized spacial score (nSPS) is 14.9. The predicted octanol–water partition coefficient (Wildman–Crippen LogP) is 3.83. The van der Waals surface area contributed by atoms with Crippen LogP contribution in [-0.2, 0) is 6.54 Å². The van der Waals surface area contributed by atoms with Crippen LogP contribution in [0.3, 0.4) is 0 Å². The Morgan fingerprint density at radius 2 is 1.69 bits per heavy atom. The first-order valence-electron chi connectivity index (χ1n) is 9.29. The van der Waals surface area contributed by atoms with E-state index in [1.807, 2.05) is 47.4 Å². The van der Waals surface area contributed by atoms with Gasteiger partial charge >= 0.3 is 6.03 Å². The lowest BCUT2D eigenvalue weighted by Crippen LogP contribution is -2.49. The Morgan fingerprint density at radius 1 is 1.00 bits per heavy atom. The van der Waals surface area contributed by atoms with Crippen molar-refractivity contribution in [2.24, 2.45) is 0 Å². The van der Waals surface area contributed by atoms with Crippen LogP contribution in [0, 0.1) is 0 Å². The van der Waals surface area contributed by atoms with E-state index in [1.54, 1.807) is 0 Å². The SMILES string of the molecule is CCCOc1ccc(CN2CCN(C(=O)Nc3ccccc3)CC2)cc1. The number of piperazine rings is 1. The largest absolute Gasteiger partial charge is 0.494 e. The van der Waals surface area contributed by atoms with E-state index in [0.717, 1.165) is 57.2 Å². The molecule has 0 aliphatic carbocycles. The molecule has 0 unspecified atom stereocenters. The molecule has 0 atom stereocenters. The third-order valence-electron chi connectivity index (χ3n) is 4.49. The van der Waals surface area contributed by atoms with Crippen molar-refractivity contribution in [3.63, 3.8) is 0 Å². The molecule has 1 aliphatic rings. The molecule has 2 aromatic carbocycles. The molecule has 2 aromatic rings. The minimum Gasteiger partial charge on any atom is -0.494 e. The smallest absolute Gasteiger partial charge is 0.321 e. The summed E-state index contributed by atoms with van der Waals surface area (Å²) in [5.74, 6) is 0.929. The van der Waals surface area contributed by atoms with Crippen LogP contribution in [-0.4, -0.2) is 48.6 Å². The Kier molecular flexibility index (Phi) is 6.50. The van der Waals surface area contributed by atoms with Crippen LogP contribution in [0.25, 0.3) is 0 Å². The number of anilines is 1. The zero-order valence-corrected chi connectivity index (χ0v) is 15.4. The van der Waals surface area contributed by atoms with E-state index in [4.69, 9.17) is 4.74 Å². The van der Waals surface area contributed by atoms with Gasteiger partial charge in [0.1, 0.15) is 5.75 Å². The molecule has 1 aliphatic heterocycles. The second-order valence-corrected chi connectivity index (χ2v) is 6.55. The third-order valence-corrected chi connectivity index (χ3v) is 4.49. The number of carbonyl (C=O) groups excluding carboxylic acids is 1. The zero-order valence-electron chi connectivity index (χ0n) is 15.4. The van der Waals surface area contributed by atoms with Gasteiger partial charge in [0.2, 0.25) is 0 Å². The molecule has 1 saturated heterocycles. The molecule has 0 spiro atoms. The van der Waals surface area contributed by atoms with E-state index in [-0.39, 0.29) is 6.03 Å². The highest BCUT2D eigenvalue weighted by molar-refractivity contribution is 5.89. The van der Waals surface area contributed by atoms with Crippen LogP contribution < -0.4 is 10.1 Å². The summed E-state index contributed by atoms with van der Waals surface area (Å²) in [6.07, 6.45) is 1.02. The van der Waals surface area contributed by atoms with Crippen molar-refractivity contribution in [1.82, 2.24) is 9.80 Å². The summed E-state index contributed by atoms with van der Waals surface area (Å²) in [5.41, 5.74) is 2.11. The third kappa shape index (κ3) is 5.23. The Bertz CT molecular complexity index is 680. The molecule has 2 amide bonds. The highest BCUT2D eigenvalue weighted by Gasteiger charge is 2.21. The molecule has 1 N–H and O–H groups in total. The summed E-state index contributed by atoms with van der Waals surface area (Å²) in [7, 11) is 0. The second-order valence-electron chi connectivity index (χ2n) is 6.55. The van der Waals surface area contributed by atoms with Crippen molar-refractivity contribution in [2.75, 3.05) is 38.1 Å². The van der Waals surface area contributed by atoms with Gasteiger partial charge in [-0.2, -0.15) is 0 Å². The molecule has 3 rings (SSSR count). The van der Waals surface area contributed by atoms with Gasteiger partial charge in [-0.05, 0) is 36.2 Å². The number of urea groups is 1. The fourth-order valence-electron chi connectivity index (χ4n) is 3.00. The molecular weight excluding hydrogens is 326 g/mol. The molecule has 138 valence electrons. The van der Waals surface area contributed by atoms with Gasteiger partial charge in [0.25, 0.3) is 0 Å². The van der Waals surface area contributed by atoms with Gasteiger partial charge in [-0.3, -0.25) is 4.90 Å². The Morgan fingerprint density at radius 3 is 2.35 bits per heavy atom. The standard InChI is InChI=1S/C21H27N3O2/c1-2-16-26-20-10-8-18(9-11-20)17-23-12-14-24(15-13-23)21(25)22-19-6-4-3-5-7-19/h3-11H,2,12-17H2,1H3,(H,22,25). The number of nitrogens with one attached hydrogen (secondary N) is 1. The van der Waals surface area contributed by atoms with Crippen molar-refractivity contribution in [2.45, 2.75) is 19.9 Å². The molecule has 26 heavy (non-hydrogen) atoms. The second kappa shape index (κ2) is 9.25. The van der Waals surface area contributed by atoms with E-state index in [0.29, 0.717) is 0 Å². The first kappa shape index (κ1) is 18.3. The van der Waals surface area contributed by atoms with Crippen LogP contribution in [0.2, 0.25) is 0 Å². The maximum absolute atomic E-state index is 12.3. The minimum atomic E-state index is -0.0201. The van der Waals surface area contributed by atoms with Crippen LogP contribution in [0.4, 0.5) is 10.5 Å². The molecule has 0 aromatic heterocycles. The van der Waals surface area contributed by atoms with Crippen molar-refractivity contribution >= 4 is 11.7 Å². The van der Waals surface area contributed by atoms with E-state index in [1.165, 1.54) is 5.56 Å². The molecule has 0 saturated carbocycles. The Balaban J connectivity index is 1.44. The summed E-state index contributed by atoms with van der Waals surface area (Å²) in [4.78, 5) is 16.6. The number of ether oxygens (including phenoxy) is 1. The Hall–Kier alpha value is -2.53. The van der Waals surface area contributed by atoms with Gasteiger partial charge in [0.05, 0.1) is 6.61 Å². The number of para-hydroxylation sites is 1. The van der Waals surface area contributed by atoms with Gasteiger partial charge in [0.15, 0.2) is 0 Å².